The van der Waals surface area contributed by atoms with Crippen LogP contribution < -0.4 is 20.1 Å². The highest BCUT2D eigenvalue weighted by Crippen LogP contribution is 2.27. The fourth-order valence-electron chi connectivity index (χ4n) is 3.22. The number of hydrogen-bond donors (Lipinski definition) is 2. The van der Waals surface area contributed by atoms with Gasteiger partial charge in [0.25, 0.3) is 0 Å². The molecule has 0 bridgehead atoms. The lowest BCUT2D eigenvalue weighted by atomic mass is 10.00. The number of methoxy groups -OCH3 is 2. The third kappa shape index (κ3) is 7.09. The summed E-state index contributed by atoms with van der Waals surface area (Å²) >= 11 is 0. The van der Waals surface area contributed by atoms with E-state index in [4.69, 9.17) is 19.0 Å². The molecule has 0 amide bonds. The molecule has 1 atom stereocenters. The van der Waals surface area contributed by atoms with Crippen LogP contribution >= 0.6 is 24.0 Å². The molecule has 0 saturated carbocycles. The molecule has 1 heterocycles. The van der Waals surface area contributed by atoms with Gasteiger partial charge in [0.15, 0.2) is 17.5 Å². The Morgan fingerprint density at radius 1 is 1.17 bits per heavy atom. The van der Waals surface area contributed by atoms with Crippen molar-refractivity contribution in [3.63, 3.8) is 0 Å². The summed E-state index contributed by atoms with van der Waals surface area (Å²) in [5, 5.41) is 10.7. The summed E-state index contributed by atoms with van der Waals surface area (Å²) < 4.78 is 15.9. The van der Waals surface area contributed by atoms with Crippen LogP contribution in [0, 0.1) is 13.8 Å². The lowest BCUT2D eigenvalue weighted by Crippen LogP contribution is -2.38. The molecule has 0 spiro atoms. The first kappa shape index (κ1) is 25.1. The smallest absolute Gasteiger partial charge is 0.191 e. The number of hydrogen-bond acceptors (Lipinski definition) is 5. The van der Waals surface area contributed by atoms with E-state index in [1.54, 1.807) is 14.2 Å². The topological polar surface area (TPSA) is 80.9 Å². The van der Waals surface area contributed by atoms with Crippen molar-refractivity contribution in [2.75, 3.05) is 33.9 Å². The molecule has 0 aliphatic heterocycles. The largest absolute Gasteiger partial charge is 0.493 e. The third-order valence-electron chi connectivity index (χ3n) is 4.60. The van der Waals surface area contributed by atoms with E-state index in [0.717, 1.165) is 54.0 Å². The highest BCUT2D eigenvalue weighted by Gasteiger charge is 2.16. The third-order valence-corrected chi connectivity index (χ3v) is 4.60. The van der Waals surface area contributed by atoms with Crippen LogP contribution in [0.1, 0.15) is 42.3 Å². The van der Waals surface area contributed by atoms with Crippen molar-refractivity contribution in [3.8, 4) is 11.5 Å². The van der Waals surface area contributed by atoms with Gasteiger partial charge in [-0.15, -0.1) is 24.0 Å². The van der Waals surface area contributed by atoms with Gasteiger partial charge in [-0.1, -0.05) is 18.1 Å². The Morgan fingerprint density at radius 2 is 1.90 bits per heavy atom. The Balaban J connectivity index is 0.00000420. The molecule has 7 nitrogen and oxygen atoms in total. The van der Waals surface area contributed by atoms with Crippen molar-refractivity contribution in [2.24, 2.45) is 4.99 Å². The summed E-state index contributed by atoms with van der Waals surface area (Å²) in [4.78, 5) is 4.72. The van der Waals surface area contributed by atoms with Gasteiger partial charge in [-0.2, -0.15) is 0 Å². The number of aromatic nitrogens is 1. The number of rotatable bonds is 9. The van der Waals surface area contributed by atoms with Gasteiger partial charge in [0.1, 0.15) is 5.76 Å². The van der Waals surface area contributed by atoms with E-state index >= 15 is 0 Å². The summed E-state index contributed by atoms with van der Waals surface area (Å²) in [5.41, 5.74) is 3.25. The molecule has 0 radical (unpaired) electrons. The van der Waals surface area contributed by atoms with Gasteiger partial charge in [-0.25, -0.2) is 0 Å². The fraction of sp³-hybridized carbons (Fsp3) is 0.524. The van der Waals surface area contributed by atoms with Crippen molar-refractivity contribution < 1.29 is 14.0 Å². The second-order valence-corrected chi connectivity index (χ2v) is 6.72. The lowest BCUT2D eigenvalue weighted by Gasteiger charge is -2.14. The lowest BCUT2D eigenvalue weighted by molar-refractivity contribution is 0.354. The van der Waals surface area contributed by atoms with Crippen molar-refractivity contribution in [2.45, 2.75) is 40.0 Å². The summed E-state index contributed by atoms with van der Waals surface area (Å²) in [6, 6.07) is 5.98. The standard InChI is InChI=1S/C21H32N4O3.HI/c1-7-22-21(24-13-14(2)20-15(3)25-28-16(20)4)23-11-10-17-8-9-18(26-5)19(12-17)27-6;/h8-9,12,14H,7,10-11,13H2,1-6H3,(H2,22,23,24);1H. The van der Waals surface area contributed by atoms with Gasteiger partial charge < -0.3 is 24.6 Å². The second-order valence-electron chi connectivity index (χ2n) is 6.72. The number of ether oxygens (including phenoxy) is 2. The number of guanidine groups is 1. The summed E-state index contributed by atoms with van der Waals surface area (Å²) in [5.74, 6) is 3.40. The van der Waals surface area contributed by atoms with E-state index < -0.39 is 0 Å². The van der Waals surface area contributed by atoms with Gasteiger partial charge in [0.2, 0.25) is 0 Å². The molecule has 2 rings (SSSR count). The molecule has 29 heavy (non-hydrogen) atoms. The highest BCUT2D eigenvalue weighted by molar-refractivity contribution is 14.0. The van der Waals surface area contributed by atoms with E-state index in [2.05, 4.69) is 29.6 Å². The molecule has 0 aliphatic carbocycles. The van der Waals surface area contributed by atoms with E-state index in [0.29, 0.717) is 6.54 Å². The molecule has 1 unspecified atom stereocenters. The maximum Gasteiger partial charge on any atom is 0.191 e. The first-order valence-electron chi connectivity index (χ1n) is 9.65. The van der Waals surface area contributed by atoms with Crippen LogP contribution in [0.4, 0.5) is 0 Å². The Hall–Kier alpha value is -1.97. The highest BCUT2D eigenvalue weighted by atomic mass is 127. The Morgan fingerprint density at radius 3 is 2.48 bits per heavy atom. The van der Waals surface area contributed by atoms with Crippen LogP contribution in [-0.2, 0) is 6.42 Å². The summed E-state index contributed by atoms with van der Waals surface area (Å²) in [6.45, 7) is 10.4. The number of aryl methyl sites for hydroxylation is 2. The maximum atomic E-state index is 5.37. The van der Waals surface area contributed by atoms with Gasteiger partial charge in [-0.05, 0) is 44.9 Å². The summed E-state index contributed by atoms with van der Waals surface area (Å²) in [6.07, 6.45) is 0.851. The second kappa shape index (κ2) is 12.6. The van der Waals surface area contributed by atoms with E-state index in [9.17, 15) is 0 Å². The van der Waals surface area contributed by atoms with Gasteiger partial charge >= 0.3 is 0 Å². The molecule has 162 valence electrons. The predicted molar refractivity (Wildman–Crippen MR) is 127 cm³/mol. The molecule has 2 aromatic rings. The average molecular weight is 516 g/mol. The zero-order valence-electron chi connectivity index (χ0n) is 18.2. The number of nitrogens with zero attached hydrogens (tertiary/aromatic N) is 2. The van der Waals surface area contributed by atoms with Gasteiger partial charge in [0, 0.05) is 31.1 Å². The quantitative estimate of drug-likeness (QED) is 0.300. The van der Waals surface area contributed by atoms with Crippen molar-refractivity contribution in [3.05, 3.63) is 40.8 Å². The monoisotopic (exact) mass is 516 g/mol. The molecule has 0 fully saturated rings. The Labute approximate surface area is 190 Å². The Kier molecular flexibility index (Phi) is 10.9. The minimum absolute atomic E-state index is 0. The first-order chi connectivity index (χ1) is 13.5. The molecular weight excluding hydrogens is 483 g/mol. The minimum Gasteiger partial charge on any atom is -0.493 e. The van der Waals surface area contributed by atoms with Crippen LogP contribution in [0.25, 0.3) is 0 Å². The number of benzene rings is 1. The zero-order chi connectivity index (χ0) is 20.5. The van der Waals surface area contributed by atoms with Crippen LogP contribution in [0.5, 0.6) is 11.5 Å². The zero-order valence-corrected chi connectivity index (χ0v) is 20.5. The minimum atomic E-state index is 0. The van der Waals surface area contributed by atoms with Gasteiger partial charge in [-0.3, -0.25) is 4.99 Å². The van der Waals surface area contributed by atoms with Crippen molar-refractivity contribution in [1.29, 1.82) is 0 Å². The molecule has 0 aliphatic rings. The predicted octanol–water partition coefficient (Wildman–Crippen LogP) is 3.83. The normalized spacial score (nSPS) is 12.1. The Bertz CT molecular complexity index is 773. The molecule has 8 heteroatoms. The molecule has 0 saturated heterocycles. The van der Waals surface area contributed by atoms with E-state index in [1.165, 1.54) is 5.56 Å². The SMILES string of the molecule is CCNC(=NCC(C)c1c(C)noc1C)NCCc1ccc(OC)c(OC)c1.I. The molecular formula is C21H33IN4O3. The van der Waals surface area contributed by atoms with Crippen molar-refractivity contribution >= 4 is 29.9 Å². The van der Waals surface area contributed by atoms with Crippen molar-refractivity contribution in [1.82, 2.24) is 15.8 Å². The molecule has 1 aromatic heterocycles. The van der Waals surface area contributed by atoms with Crippen LogP contribution in [0.15, 0.2) is 27.7 Å². The van der Waals surface area contributed by atoms with Crippen LogP contribution in [0.3, 0.4) is 0 Å². The van der Waals surface area contributed by atoms with Crippen LogP contribution in [0.2, 0.25) is 0 Å². The van der Waals surface area contributed by atoms with E-state index in [1.807, 2.05) is 32.0 Å². The molecule has 2 N–H and O–H groups in total. The number of aliphatic imine (C=N–C) groups is 1. The number of halogens is 1. The summed E-state index contributed by atoms with van der Waals surface area (Å²) in [7, 11) is 3.29. The molecule has 1 aromatic carbocycles. The number of nitrogens with one attached hydrogen (secondary N) is 2. The fourth-order valence-corrected chi connectivity index (χ4v) is 3.22. The van der Waals surface area contributed by atoms with E-state index in [-0.39, 0.29) is 29.9 Å². The van der Waals surface area contributed by atoms with Gasteiger partial charge in [0.05, 0.1) is 19.9 Å². The first-order valence-corrected chi connectivity index (χ1v) is 9.65. The maximum absolute atomic E-state index is 5.37. The average Bonchev–Trinajstić information content (AvgIpc) is 3.03. The van der Waals surface area contributed by atoms with Crippen LogP contribution in [-0.4, -0.2) is 45.0 Å².